The normalized spacial score (nSPS) is 11.2. The van der Waals surface area contributed by atoms with Crippen LogP contribution in [0.3, 0.4) is 0 Å². The molecule has 84 valence electrons. The average Bonchev–Trinajstić information content (AvgIpc) is 2.62. The van der Waals surface area contributed by atoms with E-state index in [1.165, 1.54) is 10.7 Å². The zero-order chi connectivity index (χ0) is 11.9. The number of carboxylic acid groups (broad SMARTS) is 1. The smallest absolute Gasteiger partial charge is 0.339 e. The largest absolute Gasteiger partial charge is 0.478 e. The van der Waals surface area contributed by atoms with Crippen LogP contribution in [0.5, 0.6) is 0 Å². The molecule has 2 aromatic heterocycles. The van der Waals surface area contributed by atoms with Gasteiger partial charge in [-0.05, 0) is 6.92 Å². The van der Waals surface area contributed by atoms with Crippen molar-refractivity contribution in [3.05, 3.63) is 23.3 Å². The third-order valence-electron chi connectivity index (χ3n) is 2.37. The van der Waals surface area contributed by atoms with Gasteiger partial charge in [-0.1, -0.05) is 13.8 Å². The van der Waals surface area contributed by atoms with Crippen LogP contribution in [0.1, 0.15) is 41.6 Å². The van der Waals surface area contributed by atoms with Gasteiger partial charge >= 0.3 is 5.97 Å². The lowest BCUT2D eigenvalue weighted by Gasteiger charge is -2.00. The molecule has 0 aliphatic rings. The molecular weight excluding hydrogens is 208 g/mol. The third-order valence-corrected chi connectivity index (χ3v) is 2.37. The predicted molar refractivity (Wildman–Crippen MR) is 56.6 cm³/mol. The van der Waals surface area contributed by atoms with Gasteiger partial charge in [0.25, 0.3) is 5.78 Å². The number of fused-ring (bicyclic) bond motifs is 1. The Morgan fingerprint density at radius 3 is 2.75 bits per heavy atom. The van der Waals surface area contributed by atoms with E-state index in [-0.39, 0.29) is 11.5 Å². The van der Waals surface area contributed by atoms with Crippen LogP contribution in [-0.4, -0.2) is 30.7 Å². The Morgan fingerprint density at radius 2 is 2.19 bits per heavy atom. The van der Waals surface area contributed by atoms with Crippen molar-refractivity contribution in [2.24, 2.45) is 0 Å². The maximum atomic E-state index is 10.9. The molecule has 2 aromatic rings. The zero-order valence-electron chi connectivity index (χ0n) is 9.30. The molecule has 16 heavy (non-hydrogen) atoms. The number of aromatic nitrogens is 4. The van der Waals surface area contributed by atoms with Gasteiger partial charge in [-0.3, -0.25) is 0 Å². The summed E-state index contributed by atoms with van der Waals surface area (Å²) in [5, 5.41) is 13.2. The second-order valence-corrected chi connectivity index (χ2v) is 3.90. The Kier molecular flexibility index (Phi) is 2.34. The Bertz CT molecular complexity index is 559. The summed E-state index contributed by atoms with van der Waals surface area (Å²) in [5.41, 5.74) is 0.685. The minimum Gasteiger partial charge on any atom is -0.478 e. The molecule has 1 N–H and O–H groups in total. The third kappa shape index (κ3) is 1.52. The van der Waals surface area contributed by atoms with Crippen molar-refractivity contribution in [1.82, 2.24) is 19.6 Å². The van der Waals surface area contributed by atoms with Gasteiger partial charge in [0.2, 0.25) is 0 Å². The molecule has 0 fully saturated rings. The van der Waals surface area contributed by atoms with Gasteiger partial charge in [-0.15, -0.1) is 5.10 Å². The lowest BCUT2D eigenvalue weighted by molar-refractivity contribution is 0.0695. The predicted octanol–water partition coefficient (Wildman–Crippen LogP) is 1.25. The fourth-order valence-electron chi connectivity index (χ4n) is 1.41. The second-order valence-electron chi connectivity index (χ2n) is 3.90. The molecule has 0 unspecified atom stereocenters. The summed E-state index contributed by atoms with van der Waals surface area (Å²) >= 11 is 0. The molecule has 0 aliphatic carbocycles. The van der Waals surface area contributed by atoms with E-state index in [2.05, 4.69) is 15.1 Å². The van der Waals surface area contributed by atoms with Crippen LogP contribution in [0.4, 0.5) is 0 Å². The molecule has 0 amide bonds. The van der Waals surface area contributed by atoms with Crippen molar-refractivity contribution < 1.29 is 9.90 Å². The number of hydrogen-bond donors (Lipinski definition) is 1. The number of carbonyl (C=O) groups is 1. The fourth-order valence-corrected chi connectivity index (χ4v) is 1.41. The summed E-state index contributed by atoms with van der Waals surface area (Å²) in [5.74, 6) is 0.284. The van der Waals surface area contributed by atoms with E-state index in [1.807, 2.05) is 13.8 Å². The summed E-state index contributed by atoms with van der Waals surface area (Å²) in [4.78, 5) is 19.1. The molecule has 6 nitrogen and oxygen atoms in total. The van der Waals surface area contributed by atoms with Gasteiger partial charge in [0.05, 0.1) is 11.3 Å². The zero-order valence-corrected chi connectivity index (χ0v) is 9.30. The van der Waals surface area contributed by atoms with Crippen LogP contribution in [0, 0.1) is 6.92 Å². The number of aromatic carboxylic acids is 1. The first-order valence-electron chi connectivity index (χ1n) is 4.96. The molecule has 0 radical (unpaired) electrons. The minimum absolute atomic E-state index is 0.146. The minimum atomic E-state index is -1.01. The van der Waals surface area contributed by atoms with Crippen molar-refractivity contribution in [2.45, 2.75) is 26.7 Å². The first kappa shape index (κ1) is 10.5. The summed E-state index contributed by atoms with van der Waals surface area (Å²) in [7, 11) is 0. The summed E-state index contributed by atoms with van der Waals surface area (Å²) in [6, 6.07) is 0. The second kappa shape index (κ2) is 3.55. The van der Waals surface area contributed by atoms with Gasteiger partial charge in [0, 0.05) is 12.1 Å². The van der Waals surface area contributed by atoms with Gasteiger partial charge in [0.15, 0.2) is 5.82 Å². The van der Waals surface area contributed by atoms with E-state index < -0.39 is 5.97 Å². The first-order valence-corrected chi connectivity index (χ1v) is 4.96. The molecule has 0 spiro atoms. The highest BCUT2D eigenvalue weighted by molar-refractivity contribution is 5.88. The maximum absolute atomic E-state index is 10.9. The quantitative estimate of drug-likeness (QED) is 0.823. The van der Waals surface area contributed by atoms with Crippen LogP contribution < -0.4 is 0 Å². The van der Waals surface area contributed by atoms with Crippen molar-refractivity contribution >= 4 is 11.7 Å². The standard InChI is InChI=1S/C10H12N4O2/c1-5(2)8-12-10-11-4-7(9(15)16)6(3)14(10)13-8/h4-5H,1-3H3,(H,15,16). The Labute approximate surface area is 92.0 Å². The van der Waals surface area contributed by atoms with E-state index in [0.29, 0.717) is 17.3 Å². The molecule has 6 heteroatoms. The van der Waals surface area contributed by atoms with Crippen molar-refractivity contribution in [3.8, 4) is 0 Å². The lowest BCUT2D eigenvalue weighted by Crippen LogP contribution is -2.07. The van der Waals surface area contributed by atoms with Crippen molar-refractivity contribution in [2.75, 3.05) is 0 Å². The van der Waals surface area contributed by atoms with E-state index in [0.717, 1.165) is 0 Å². The number of aryl methyl sites for hydroxylation is 1. The molecule has 0 saturated carbocycles. The number of carboxylic acids is 1. The van der Waals surface area contributed by atoms with E-state index in [9.17, 15) is 4.79 Å². The van der Waals surface area contributed by atoms with Crippen LogP contribution in [0.25, 0.3) is 5.78 Å². The van der Waals surface area contributed by atoms with Gasteiger partial charge in [-0.2, -0.15) is 4.98 Å². The highest BCUT2D eigenvalue weighted by atomic mass is 16.4. The highest BCUT2D eigenvalue weighted by Gasteiger charge is 2.15. The number of rotatable bonds is 2. The molecular formula is C10H12N4O2. The van der Waals surface area contributed by atoms with Crippen LogP contribution in [0.15, 0.2) is 6.20 Å². The SMILES string of the molecule is Cc1c(C(=O)O)cnc2nc(C(C)C)nn12. The lowest BCUT2D eigenvalue weighted by atomic mass is 10.2. The van der Waals surface area contributed by atoms with Crippen molar-refractivity contribution in [1.29, 1.82) is 0 Å². The number of nitrogens with zero attached hydrogens (tertiary/aromatic N) is 4. The molecule has 0 aliphatic heterocycles. The van der Waals surface area contributed by atoms with Crippen LogP contribution in [-0.2, 0) is 0 Å². The van der Waals surface area contributed by atoms with Crippen LogP contribution in [0.2, 0.25) is 0 Å². The van der Waals surface area contributed by atoms with Crippen molar-refractivity contribution in [3.63, 3.8) is 0 Å². The summed E-state index contributed by atoms with van der Waals surface area (Å²) < 4.78 is 1.47. The van der Waals surface area contributed by atoms with Gasteiger partial charge in [-0.25, -0.2) is 14.3 Å². The number of hydrogen-bond acceptors (Lipinski definition) is 4. The van der Waals surface area contributed by atoms with Crippen LogP contribution >= 0.6 is 0 Å². The summed E-state index contributed by atoms with van der Waals surface area (Å²) in [6.07, 6.45) is 1.31. The molecule has 0 atom stereocenters. The first-order chi connectivity index (χ1) is 7.50. The Balaban J connectivity index is 2.69. The van der Waals surface area contributed by atoms with Gasteiger partial charge in [0.1, 0.15) is 0 Å². The molecule has 2 rings (SSSR count). The molecule has 2 heterocycles. The van der Waals surface area contributed by atoms with E-state index in [4.69, 9.17) is 5.11 Å². The summed E-state index contributed by atoms with van der Waals surface area (Å²) in [6.45, 7) is 5.64. The average molecular weight is 220 g/mol. The maximum Gasteiger partial charge on any atom is 0.339 e. The van der Waals surface area contributed by atoms with E-state index >= 15 is 0 Å². The molecule has 0 bridgehead atoms. The Morgan fingerprint density at radius 1 is 1.50 bits per heavy atom. The monoisotopic (exact) mass is 220 g/mol. The van der Waals surface area contributed by atoms with E-state index in [1.54, 1.807) is 6.92 Å². The topological polar surface area (TPSA) is 80.4 Å². The Hall–Kier alpha value is -1.98. The molecule has 0 saturated heterocycles. The fraction of sp³-hybridized carbons (Fsp3) is 0.400. The van der Waals surface area contributed by atoms with Gasteiger partial charge < -0.3 is 5.11 Å². The molecule has 0 aromatic carbocycles. The highest BCUT2D eigenvalue weighted by Crippen LogP contribution is 2.13.